The van der Waals surface area contributed by atoms with Gasteiger partial charge in [0.15, 0.2) is 6.61 Å². The zero-order valence-corrected chi connectivity index (χ0v) is 16.4. The summed E-state index contributed by atoms with van der Waals surface area (Å²) in [6.45, 7) is 3.03. The summed E-state index contributed by atoms with van der Waals surface area (Å²) in [7, 11) is 0. The minimum Gasteiger partial charge on any atom is -0.484 e. The molecule has 4 rings (SSSR count). The molecule has 2 N–H and O–H groups in total. The molecule has 0 spiro atoms. The first-order valence-electron chi connectivity index (χ1n) is 9.30. The number of anilines is 1. The van der Waals surface area contributed by atoms with E-state index in [0.29, 0.717) is 18.7 Å². The maximum Gasteiger partial charge on any atom is 0.258 e. The molecule has 1 fully saturated rings. The number of ether oxygens (including phenoxy) is 1. The topological polar surface area (TPSA) is 70.7 Å². The lowest BCUT2D eigenvalue weighted by Gasteiger charge is -2.16. The molecule has 2 amide bonds. The predicted molar refractivity (Wildman–Crippen MR) is 110 cm³/mol. The first-order valence-corrected chi connectivity index (χ1v) is 9.30. The van der Waals surface area contributed by atoms with Gasteiger partial charge in [-0.1, -0.05) is 18.2 Å². The monoisotopic (exact) mass is 401 g/mol. The lowest BCUT2D eigenvalue weighted by Crippen LogP contribution is -2.28. The van der Waals surface area contributed by atoms with Crippen LogP contribution >= 0.6 is 12.4 Å². The molecule has 1 saturated heterocycles. The highest BCUT2D eigenvalue weighted by molar-refractivity contribution is 5.95. The molecule has 0 radical (unpaired) electrons. The van der Waals surface area contributed by atoms with Crippen LogP contribution in [0.25, 0.3) is 0 Å². The second-order valence-corrected chi connectivity index (χ2v) is 6.91. The van der Waals surface area contributed by atoms with Crippen molar-refractivity contribution in [3.05, 3.63) is 59.2 Å². The fourth-order valence-electron chi connectivity index (χ4n) is 3.50. The summed E-state index contributed by atoms with van der Waals surface area (Å²) in [6, 6.07) is 13.6. The van der Waals surface area contributed by atoms with E-state index in [1.807, 2.05) is 18.2 Å². The summed E-state index contributed by atoms with van der Waals surface area (Å²) < 4.78 is 5.55. The lowest BCUT2D eigenvalue weighted by molar-refractivity contribution is -0.123. The van der Waals surface area contributed by atoms with Gasteiger partial charge in [0.2, 0.25) is 5.91 Å². The number of nitrogens with one attached hydrogen (secondary N) is 2. The van der Waals surface area contributed by atoms with Crippen LogP contribution in [0, 0.1) is 0 Å². The first-order chi connectivity index (χ1) is 13.2. The van der Waals surface area contributed by atoms with E-state index in [1.54, 1.807) is 17.0 Å². The van der Waals surface area contributed by atoms with Gasteiger partial charge < -0.3 is 20.3 Å². The van der Waals surface area contributed by atoms with E-state index >= 15 is 0 Å². The van der Waals surface area contributed by atoms with Crippen LogP contribution in [0.15, 0.2) is 42.5 Å². The van der Waals surface area contributed by atoms with Gasteiger partial charge in [0.1, 0.15) is 5.75 Å². The fraction of sp³-hybridized carbons (Fsp3) is 0.333. The van der Waals surface area contributed by atoms with Crippen LogP contribution in [0.1, 0.15) is 29.5 Å². The Bertz CT molecular complexity index is 854. The number of carbonyl (C=O) groups is 2. The Morgan fingerprint density at radius 1 is 1.11 bits per heavy atom. The van der Waals surface area contributed by atoms with E-state index in [-0.39, 0.29) is 30.8 Å². The molecule has 0 aliphatic carbocycles. The third-order valence-corrected chi connectivity index (χ3v) is 4.98. The molecule has 28 heavy (non-hydrogen) atoms. The van der Waals surface area contributed by atoms with Crippen molar-refractivity contribution in [3.63, 3.8) is 0 Å². The van der Waals surface area contributed by atoms with Crippen molar-refractivity contribution in [3.8, 4) is 5.75 Å². The molecule has 7 heteroatoms. The fourth-order valence-corrected chi connectivity index (χ4v) is 3.50. The zero-order valence-electron chi connectivity index (χ0n) is 15.6. The second-order valence-electron chi connectivity index (χ2n) is 6.91. The molecule has 6 nitrogen and oxygen atoms in total. The third kappa shape index (κ3) is 4.64. The van der Waals surface area contributed by atoms with Gasteiger partial charge in [-0.2, -0.15) is 0 Å². The molecule has 0 saturated carbocycles. The average Bonchev–Trinajstić information content (AvgIpc) is 3.33. The van der Waals surface area contributed by atoms with E-state index in [2.05, 4.69) is 22.8 Å². The number of hydrogen-bond acceptors (Lipinski definition) is 4. The van der Waals surface area contributed by atoms with Crippen molar-refractivity contribution in [2.45, 2.75) is 32.5 Å². The standard InChI is InChI=1S/C21H23N3O3.ClH/c25-20(23-11-15-3-4-16-12-22-13-17(16)10-15)14-27-19-7-5-18(6-8-19)24-9-1-2-21(24)26;/h3-8,10,22H,1-2,9,11-14H2,(H,23,25);1H. The molecule has 2 aromatic rings. The molecule has 2 heterocycles. The van der Waals surface area contributed by atoms with Gasteiger partial charge in [0.05, 0.1) is 0 Å². The number of benzene rings is 2. The highest BCUT2D eigenvalue weighted by Gasteiger charge is 2.21. The number of rotatable bonds is 6. The van der Waals surface area contributed by atoms with Crippen LogP contribution < -0.4 is 20.3 Å². The largest absolute Gasteiger partial charge is 0.484 e. The molecule has 0 bridgehead atoms. The Kier molecular flexibility index (Phi) is 6.54. The third-order valence-electron chi connectivity index (χ3n) is 4.98. The molecule has 0 atom stereocenters. The Morgan fingerprint density at radius 2 is 1.89 bits per heavy atom. The Labute approximate surface area is 170 Å². The van der Waals surface area contributed by atoms with Gasteiger partial charge in [0, 0.05) is 38.3 Å². The summed E-state index contributed by atoms with van der Waals surface area (Å²) in [5.41, 5.74) is 4.59. The second kappa shape index (κ2) is 9.08. The summed E-state index contributed by atoms with van der Waals surface area (Å²) in [6.07, 6.45) is 1.51. The van der Waals surface area contributed by atoms with Gasteiger partial charge in [-0.25, -0.2) is 0 Å². The highest BCUT2D eigenvalue weighted by atomic mass is 35.5. The van der Waals surface area contributed by atoms with E-state index in [4.69, 9.17) is 4.74 Å². The Balaban J connectivity index is 0.00000225. The molecular formula is C21H24ClN3O3. The summed E-state index contributed by atoms with van der Waals surface area (Å²) in [4.78, 5) is 25.6. The predicted octanol–water partition coefficient (Wildman–Crippen LogP) is 2.53. The van der Waals surface area contributed by atoms with Crippen molar-refractivity contribution in [2.75, 3.05) is 18.1 Å². The zero-order chi connectivity index (χ0) is 18.6. The normalized spacial score (nSPS) is 15.1. The molecule has 0 aromatic heterocycles. The number of nitrogens with zero attached hydrogens (tertiary/aromatic N) is 1. The molecule has 2 aromatic carbocycles. The summed E-state index contributed by atoms with van der Waals surface area (Å²) >= 11 is 0. The Morgan fingerprint density at radius 3 is 2.64 bits per heavy atom. The average molecular weight is 402 g/mol. The minimum atomic E-state index is -0.160. The summed E-state index contributed by atoms with van der Waals surface area (Å²) in [5, 5.41) is 6.20. The van der Waals surface area contributed by atoms with Gasteiger partial charge in [-0.05, 0) is 47.4 Å². The van der Waals surface area contributed by atoms with Gasteiger partial charge in [0.25, 0.3) is 5.91 Å². The van der Waals surface area contributed by atoms with Gasteiger partial charge in [-0.15, -0.1) is 12.4 Å². The number of hydrogen-bond donors (Lipinski definition) is 2. The maximum atomic E-state index is 12.0. The van der Waals surface area contributed by atoms with Crippen molar-refractivity contribution in [1.82, 2.24) is 10.6 Å². The van der Waals surface area contributed by atoms with Crippen molar-refractivity contribution in [2.24, 2.45) is 0 Å². The van der Waals surface area contributed by atoms with Crippen LogP contribution in [0.5, 0.6) is 5.75 Å². The van der Waals surface area contributed by atoms with Gasteiger partial charge in [-0.3, -0.25) is 9.59 Å². The smallest absolute Gasteiger partial charge is 0.258 e. The SMILES string of the molecule is Cl.O=C(COc1ccc(N2CCCC2=O)cc1)NCc1ccc2c(c1)CNC2. The minimum absolute atomic E-state index is 0. The van der Waals surface area contributed by atoms with E-state index in [1.165, 1.54) is 11.1 Å². The van der Waals surface area contributed by atoms with Crippen LogP contribution in [-0.2, 0) is 29.2 Å². The quantitative estimate of drug-likeness (QED) is 0.780. The summed E-state index contributed by atoms with van der Waals surface area (Å²) in [5.74, 6) is 0.613. The lowest BCUT2D eigenvalue weighted by atomic mass is 10.1. The molecule has 2 aliphatic heterocycles. The van der Waals surface area contributed by atoms with Crippen LogP contribution in [0.3, 0.4) is 0 Å². The first kappa shape index (κ1) is 20.2. The maximum absolute atomic E-state index is 12.0. The van der Waals surface area contributed by atoms with Crippen LogP contribution in [0.2, 0.25) is 0 Å². The molecule has 148 valence electrons. The van der Waals surface area contributed by atoms with E-state index in [0.717, 1.165) is 37.3 Å². The number of halogens is 1. The van der Waals surface area contributed by atoms with Crippen LogP contribution in [0.4, 0.5) is 5.69 Å². The van der Waals surface area contributed by atoms with Gasteiger partial charge >= 0.3 is 0 Å². The van der Waals surface area contributed by atoms with Crippen molar-refractivity contribution < 1.29 is 14.3 Å². The van der Waals surface area contributed by atoms with Crippen molar-refractivity contribution in [1.29, 1.82) is 0 Å². The number of carbonyl (C=O) groups excluding carboxylic acids is 2. The molecule has 0 unspecified atom stereocenters. The number of fused-ring (bicyclic) bond motifs is 1. The van der Waals surface area contributed by atoms with E-state index in [9.17, 15) is 9.59 Å². The highest BCUT2D eigenvalue weighted by Crippen LogP contribution is 2.23. The van der Waals surface area contributed by atoms with E-state index < -0.39 is 0 Å². The Hall–Kier alpha value is -2.57. The van der Waals surface area contributed by atoms with Crippen molar-refractivity contribution >= 4 is 29.9 Å². The molecular weight excluding hydrogens is 378 g/mol. The van der Waals surface area contributed by atoms with Crippen LogP contribution in [-0.4, -0.2) is 25.0 Å². The molecule has 2 aliphatic rings. The number of amides is 2.